The third-order valence-corrected chi connectivity index (χ3v) is 6.90. The van der Waals surface area contributed by atoms with Gasteiger partial charge in [0, 0.05) is 11.3 Å². The first-order valence-electron chi connectivity index (χ1n) is 10.4. The summed E-state index contributed by atoms with van der Waals surface area (Å²) in [7, 11) is 0. The summed E-state index contributed by atoms with van der Waals surface area (Å²) in [5, 5.41) is 12.8. The highest BCUT2D eigenvalue weighted by Gasteiger charge is 2.28. The zero-order chi connectivity index (χ0) is 20.7. The highest BCUT2D eigenvalue weighted by atomic mass is 32.1. The summed E-state index contributed by atoms with van der Waals surface area (Å²) < 4.78 is 1.94. The van der Waals surface area contributed by atoms with Crippen LogP contribution in [0.25, 0.3) is 5.57 Å². The molecule has 0 saturated heterocycles. The molecule has 1 saturated carbocycles. The number of aryl methyl sites for hydroxylation is 1. The quantitative estimate of drug-likeness (QED) is 0.707. The molecule has 5 nitrogen and oxygen atoms in total. The van der Waals surface area contributed by atoms with Crippen molar-refractivity contribution in [3.8, 4) is 5.88 Å². The van der Waals surface area contributed by atoms with Crippen LogP contribution >= 0.6 is 11.3 Å². The van der Waals surface area contributed by atoms with E-state index in [1.165, 1.54) is 17.8 Å². The van der Waals surface area contributed by atoms with E-state index in [1.54, 1.807) is 0 Å². The van der Waals surface area contributed by atoms with Gasteiger partial charge in [0.2, 0.25) is 5.88 Å². The van der Waals surface area contributed by atoms with Gasteiger partial charge in [-0.1, -0.05) is 60.4 Å². The molecule has 1 fully saturated rings. The third-order valence-electron chi connectivity index (χ3n) is 5.84. The second-order valence-corrected chi connectivity index (χ2v) is 8.94. The zero-order valence-electron chi connectivity index (χ0n) is 16.8. The lowest BCUT2D eigenvalue weighted by Crippen LogP contribution is -2.23. The molecule has 152 valence electrons. The number of nitrogens with zero attached hydrogens (tertiary/aromatic N) is 3. The fourth-order valence-corrected chi connectivity index (χ4v) is 5.51. The standard InChI is InChI=1S/C24H23N3O2S/c1-15-12-13-19-18(14-15)20(22(28)26-19)21-23(29)27(17-10-6-3-7-11-17)24(30-21)25-16-8-4-2-5-9-16/h2,4-5,8-9,12-14,17,29H,3,6-7,10-11H2,1H3. The molecule has 1 aliphatic carbocycles. The van der Waals surface area contributed by atoms with Gasteiger partial charge < -0.3 is 5.11 Å². The minimum absolute atomic E-state index is 0.134. The van der Waals surface area contributed by atoms with Crippen LogP contribution in [0.4, 0.5) is 5.69 Å². The maximum absolute atomic E-state index is 12.8. The van der Waals surface area contributed by atoms with Gasteiger partial charge in [-0.05, 0) is 44.0 Å². The fraction of sp³-hybridized carbons (Fsp3) is 0.292. The van der Waals surface area contributed by atoms with E-state index in [1.807, 2.05) is 60.0 Å². The number of aromatic hydroxyl groups is 1. The number of aromatic nitrogens is 1. The van der Waals surface area contributed by atoms with E-state index in [0.29, 0.717) is 15.8 Å². The predicted octanol–water partition coefficient (Wildman–Crippen LogP) is 3.66. The van der Waals surface area contributed by atoms with Crippen LogP contribution in [-0.2, 0) is 4.79 Å². The summed E-state index contributed by atoms with van der Waals surface area (Å²) in [6.07, 6.45) is 5.52. The van der Waals surface area contributed by atoms with Crippen LogP contribution in [-0.4, -0.2) is 15.6 Å². The Kier molecular flexibility index (Phi) is 4.87. The van der Waals surface area contributed by atoms with Crippen molar-refractivity contribution in [3.05, 3.63) is 74.3 Å². The van der Waals surface area contributed by atoms with Gasteiger partial charge >= 0.3 is 0 Å². The number of amides is 1. The van der Waals surface area contributed by atoms with E-state index in [0.717, 1.165) is 47.0 Å². The van der Waals surface area contributed by atoms with Crippen molar-refractivity contribution in [2.45, 2.75) is 45.1 Å². The number of para-hydroxylation sites is 1. The number of benzene rings is 2. The normalized spacial score (nSPS) is 17.3. The Morgan fingerprint density at radius 1 is 1.10 bits per heavy atom. The van der Waals surface area contributed by atoms with Crippen molar-refractivity contribution in [3.63, 3.8) is 0 Å². The molecule has 5 rings (SSSR count). The molecule has 1 amide bonds. The monoisotopic (exact) mass is 417 g/mol. The Morgan fingerprint density at radius 3 is 2.63 bits per heavy atom. The van der Waals surface area contributed by atoms with Crippen LogP contribution in [0, 0.1) is 6.92 Å². The van der Waals surface area contributed by atoms with E-state index >= 15 is 0 Å². The smallest absolute Gasteiger partial charge is 0.279 e. The Hall–Kier alpha value is -2.99. The second-order valence-electron chi connectivity index (χ2n) is 7.96. The number of rotatable bonds is 3. The number of hydrogen-bond donors (Lipinski definition) is 1. The van der Waals surface area contributed by atoms with Crippen molar-refractivity contribution < 1.29 is 9.90 Å². The summed E-state index contributed by atoms with van der Waals surface area (Å²) in [6.45, 7) is 1.99. The Morgan fingerprint density at radius 2 is 1.87 bits per heavy atom. The molecule has 1 aliphatic heterocycles. The molecule has 6 heteroatoms. The topological polar surface area (TPSA) is 66.9 Å². The Bertz CT molecular complexity index is 1310. The SMILES string of the molecule is Cc1ccc2c(c1)=C(c1sc(=Nc3ccccc3)n(C3CCCCC3)c1O)C(=O)N=2. The number of fused-ring (bicyclic) bond motifs is 1. The van der Waals surface area contributed by atoms with Crippen molar-refractivity contribution in [2.24, 2.45) is 9.98 Å². The van der Waals surface area contributed by atoms with Crippen molar-refractivity contribution in [2.75, 3.05) is 0 Å². The molecule has 0 spiro atoms. The second kappa shape index (κ2) is 7.69. The number of carbonyl (C=O) groups excluding carboxylic acids is 1. The van der Waals surface area contributed by atoms with Gasteiger partial charge in [0.1, 0.15) is 4.88 Å². The van der Waals surface area contributed by atoms with Crippen molar-refractivity contribution >= 4 is 28.5 Å². The molecule has 0 unspecified atom stereocenters. The first kappa shape index (κ1) is 19.0. The first-order chi connectivity index (χ1) is 14.6. The molecular formula is C24H23N3O2S. The Labute approximate surface area is 178 Å². The van der Waals surface area contributed by atoms with E-state index < -0.39 is 0 Å². The van der Waals surface area contributed by atoms with E-state index in [-0.39, 0.29) is 17.8 Å². The van der Waals surface area contributed by atoms with Gasteiger partial charge in [-0.2, -0.15) is 0 Å². The maximum atomic E-state index is 12.8. The van der Waals surface area contributed by atoms with Gasteiger partial charge in [-0.3, -0.25) is 9.36 Å². The summed E-state index contributed by atoms with van der Waals surface area (Å²) in [4.78, 5) is 23.1. The molecule has 0 bridgehead atoms. The van der Waals surface area contributed by atoms with Gasteiger partial charge in [-0.15, -0.1) is 0 Å². The highest BCUT2D eigenvalue weighted by Crippen LogP contribution is 2.36. The van der Waals surface area contributed by atoms with Crippen LogP contribution in [0.15, 0.2) is 58.5 Å². The van der Waals surface area contributed by atoms with Crippen LogP contribution < -0.4 is 15.4 Å². The van der Waals surface area contributed by atoms with Crippen LogP contribution in [0.1, 0.15) is 48.6 Å². The average molecular weight is 418 g/mol. The fourth-order valence-electron chi connectivity index (χ4n) is 4.35. The number of carbonyl (C=O) groups is 1. The maximum Gasteiger partial charge on any atom is 0.279 e. The molecular weight excluding hydrogens is 394 g/mol. The van der Waals surface area contributed by atoms with Gasteiger partial charge in [0.15, 0.2) is 4.80 Å². The van der Waals surface area contributed by atoms with Gasteiger partial charge in [0.25, 0.3) is 5.91 Å². The lowest BCUT2D eigenvalue weighted by atomic mass is 9.95. The van der Waals surface area contributed by atoms with Crippen LogP contribution in [0.5, 0.6) is 5.88 Å². The minimum atomic E-state index is -0.297. The summed E-state index contributed by atoms with van der Waals surface area (Å²) >= 11 is 1.37. The van der Waals surface area contributed by atoms with Gasteiger partial charge in [0.05, 0.1) is 16.6 Å². The molecule has 1 N–H and O–H groups in total. The lowest BCUT2D eigenvalue weighted by Gasteiger charge is -2.23. The number of hydrogen-bond acceptors (Lipinski definition) is 4. The average Bonchev–Trinajstić information content (AvgIpc) is 3.24. The highest BCUT2D eigenvalue weighted by molar-refractivity contribution is 7.11. The molecule has 1 aromatic heterocycles. The molecule has 2 aromatic carbocycles. The molecule has 2 heterocycles. The van der Waals surface area contributed by atoms with Crippen LogP contribution in [0.2, 0.25) is 0 Å². The van der Waals surface area contributed by atoms with E-state index in [4.69, 9.17) is 4.99 Å². The molecule has 0 atom stereocenters. The molecule has 3 aromatic rings. The summed E-state index contributed by atoms with van der Waals surface area (Å²) in [5.41, 5.74) is 2.37. The summed E-state index contributed by atoms with van der Waals surface area (Å²) in [5.74, 6) is -0.163. The van der Waals surface area contributed by atoms with E-state index in [2.05, 4.69) is 4.99 Å². The minimum Gasteiger partial charge on any atom is -0.493 e. The van der Waals surface area contributed by atoms with Gasteiger partial charge in [-0.25, -0.2) is 9.98 Å². The first-order valence-corrected chi connectivity index (χ1v) is 11.2. The van der Waals surface area contributed by atoms with E-state index in [9.17, 15) is 9.90 Å². The third kappa shape index (κ3) is 3.31. The molecule has 2 aliphatic rings. The zero-order valence-corrected chi connectivity index (χ0v) is 17.7. The lowest BCUT2D eigenvalue weighted by molar-refractivity contribution is -0.112. The Balaban J connectivity index is 1.77. The molecule has 30 heavy (non-hydrogen) atoms. The van der Waals surface area contributed by atoms with Crippen molar-refractivity contribution in [1.82, 2.24) is 4.57 Å². The van der Waals surface area contributed by atoms with Crippen LogP contribution in [0.3, 0.4) is 0 Å². The largest absolute Gasteiger partial charge is 0.493 e. The molecule has 0 radical (unpaired) electrons. The van der Waals surface area contributed by atoms with Crippen molar-refractivity contribution in [1.29, 1.82) is 0 Å². The summed E-state index contributed by atoms with van der Waals surface area (Å²) in [6, 6.07) is 15.7. The number of thiazole rings is 1. The predicted molar refractivity (Wildman–Crippen MR) is 117 cm³/mol.